The van der Waals surface area contributed by atoms with Gasteiger partial charge in [0.15, 0.2) is 0 Å². The highest BCUT2D eigenvalue weighted by molar-refractivity contribution is 8.26. The third-order valence-electron chi connectivity index (χ3n) is 7.12. The first-order valence-corrected chi connectivity index (χ1v) is 16.0. The minimum absolute atomic E-state index is 0.0335. The number of thioether (sulfide) groups is 1. The van der Waals surface area contributed by atoms with Gasteiger partial charge >= 0.3 is 0 Å². The molecule has 0 saturated carbocycles. The lowest BCUT2D eigenvalue weighted by molar-refractivity contribution is -0.122. The van der Waals surface area contributed by atoms with E-state index in [-0.39, 0.29) is 5.91 Å². The summed E-state index contributed by atoms with van der Waals surface area (Å²) in [6, 6.07) is 25.4. The van der Waals surface area contributed by atoms with Gasteiger partial charge in [0.05, 0.1) is 10.6 Å². The van der Waals surface area contributed by atoms with E-state index in [4.69, 9.17) is 33.7 Å². The largest absolute Gasteiger partial charge is 0.489 e. The average Bonchev–Trinajstić information content (AvgIpc) is 3.55. The Bertz CT molecular complexity index is 1570. The van der Waals surface area contributed by atoms with Gasteiger partial charge in [0.25, 0.3) is 5.91 Å². The number of carbonyl (C=O) groups is 1. The summed E-state index contributed by atoms with van der Waals surface area (Å²) < 4.78 is 8.56. The number of nitrogens with zero attached hydrogens (tertiary/aromatic N) is 3. The average molecular weight is 616 g/mol. The Morgan fingerprint density at radius 1 is 0.952 bits per heavy atom. The molecular formula is C34H34ClN3O2S2. The van der Waals surface area contributed by atoms with Crippen LogP contribution in [-0.4, -0.2) is 31.5 Å². The van der Waals surface area contributed by atoms with Crippen LogP contribution < -0.4 is 4.74 Å². The monoisotopic (exact) mass is 615 g/mol. The Morgan fingerprint density at radius 3 is 2.52 bits per heavy atom. The van der Waals surface area contributed by atoms with Crippen LogP contribution in [0.5, 0.6) is 5.75 Å². The van der Waals surface area contributed by atoms with E-state index < -0.39 is 0 Å². The van der Waals surface area contributed by atoms with Gasteiger partial charge in [0.2, 0.25) is 0 Å². The summed E-state index contributed by atoms with van der Waals surface area (Å²) in [5, 5.41) is 5.62. The van der Waals surface area contributed by atoms with Crippen LogP contribution in [-0.2, 0) is 11.4 Å². The topological polar surface area (TPSA) is 47.4 Å². The second-order valence-corrected chi connectivity index (χ2v) is 12.3. The lowest BCUT2D eigenvalue weighted by Crippen LogP contribution is -2.29. The van der Waals surface area contributed by atoms with Crippen molar-refractivity contribution in [3.05, 3.63) is 106 Å². The van der Waals surface area contributed by atoms with Crippen molar-refractivity contribution in [1.82, 2.24) is 14.7 Å². The maximum Gasteiger partial charge on any atom is 0.266 e. The normalized spacial score (nSPS) is 14.2. The van der Waals surface area contributed by atoms with Crippen molar-refractivity contribution >= 4 is 51.9 Å². The van der Waals surface area contributed by atoms with E-state index in [9.17, 15) is 4.79 Å². The maximum absolute atomic E-state index is 13.4. The van der Waals surface area contributed by atoms with Gasteiger partial charge in [-0.25, -0.2) is 4.68 Å². The molecule has 1 aromatic heterocycles. The molecule has 0 bridgehead atoms. The van der Waals surface area contributed by atoms with Crippen molar-refractivity contribution in [1.29, 1.82) is 0 Å². The quantitative estimate of drug-likeness (QED) is 0.0852. The van der Waals surface area contributed by atoms with Crippen LogP contribution >= 0.6 is 35.6 Å². The fourth-order valence-electron chi connectivity index (χ4n) is 4.82. The minimum Gasteiger partial charge on any atom is -0.489 e. The molecule has 42 heavy (non-hydrogen) atoms. The lowest BCUT2D eigenvalue weighted by Gasteiger charge is -2.14. The molecule has 5 nitrogen and oxygen atoms in total. The first-order valence-electron chi connectivity index (χ1n) is 14.4. The van der Waals surface area contributed by atoms with E-state index >= 15 is 0 Å². The number of para-hydroxylation sites is 1. The molecule has 1 aliphatic heterocycles. The number of hydrogen-bond donors (Lipinski definition) is 0. The summed E-state index contributed by atoms with van der Waals surface area (Å²) in [6.07, 6.45) is 10.9. The number of halogens is 1. The highest BCUT2D eigenvalue weighted by atomic mass is 35.5. The van der Waals surface area contributed by atoms with Crippen LogP contribution in [0.25, 0.3) is 23.0 Å². The highest BCUT2D eigenvalue weighted by Crippen LogP contribution is 2.36. The van der Waals surface area contributed by atoms with Crippen LogP contribution in [0, 0.1) is 0 Å². The fraction of sp³-hybridized carbons (Fsp3) is 0.265. The van der Waals surface area contributed by atoms with Crippen LogP contribution in [0.15, 0.2) is 90.0 Å². The van der Waals surface area contributed by atoms with Gasteiger partial charge < -0.3 is 4.74 Å². The standard InChI is InChI=1S/C34H34ClN3O2S2/c1-2-3-4-5-6-12-20-37-33(39)31(42-34(37)41)22-27-23-38(28-16-8-7-9-17-28)36-32(27)25-15-13-18-29(21-25)40-24-26-14-10-11-19-30(26)35/h7-11,13-19,21-23H,2-6,12,20,24H2,1H3. The van der Waals surface area contributed by atoms with Crippen LogP contribution in [0.4, 0.5) is 0 Å². The molecule has 0 spiro atoms. The maximum atomic E-state index is 13.4. The van der Waals surface area contributed by atoms with Crippen molar-refractivity contribution in [2.45, 2.75) is 52.1 Å². The molecule has 3 aromatic carbocycles. The molecule has 4 aromatic rings. The summed E-state index contributed by atoms with van der Waals surface area (Å²) in [6.45, 7) is 3.24. The predicted molar refractivity (Wildman–Crippen MR) is 178 cm³/mol. The molecule has 0 aliphatic carbocycles. The lowest BCUT2D eigenvalue weighted by atomic mass is 10.1. The number of unbranched alkanes of at least 4 members (excludes halogenated alkanes) is 5. The van der Waals surface area contributed by atoms with Gasteiger partial charge in [-0.05, 0) is 42.8 Å². The molecule has 8 heteroatoms. The number of hydrogen-bond acceptors (Lipinski definition) is 5. The second-order valence-electron chi connectivity index (χ2n) is 10.2. The zero-order valence-corrected chi connectivity index (χ0v) is 26.1. The number of thiocarbonyl (C=S) groups is 1. The molecule has 0 atom stereocenters. The molecule has 0 N–H and O–H groups in total. The summed E-state index contributed by atoms with van der Waals surface area (Å²) >= 11 is 13.3. The van der Waals surface area contributed by atoms with Gasteiger partial charge in [0.1, 0.15) is 22.4 Å². The Balaban J connectivity index is 1.39. The summed E-state index contributed by atoms with van der Waals surface area (Å²) in [4.78, 5) is 15.8. The van der Waals surface area contributed by atoms with Crippen molar-refractivity contribution in [2.24, 2.45) is 0 Å². The van der Waals surface area contributed by atoms with Crippen molar-refractivity contribution in [3.63, 3.8) is 0 Å². The minimum atomic E-state index is -0.0335. The number of amides is 1. The van der Waals surface area contributed by atoms with E-state index in [2.05, 4.69) is 6.92 Å². The Morgan fingerprint density at radius 2 is 1.71 bits per heavy atom. The molecule has 216 valence electrons. The third-order valence-corrected chi connectivity index (χ3v) is 8.86. The Kier molecular flexibility index (Phi) is 10.5. The van der Waals surface area contributed by atoms with Gasteiger partial charge in [0, 0.05) is 34.5 Å². The SMILES string of the molecule is CCCCCCCCN1C(=O)C(=Cc2cn(-c3ccccc3)nc2-c2cccc(OCc3ccccc3Cl)c2)SC1=S. The van der Waals surface area contributed by atoms with E-state index in [0.29, 0.717) is 33.1 Å². The molecule has 5 rings (SSSR count). The number of carbonyl (C=O) groups excluding carboxylic acids is 1. The van der Waals surface area contributed by atoms with Gasteiger partial charge in [-0.1, -0.05) is 123 Å². The second kappa shape index (κ2) is 14.7. The first kappa shape index (κ1) is 30.1. The molecule has 1 aliphatic rings. The summed E-state index contributed by atoms with van der Waals surface area (Å²) in [5.41, 5.74) is 4.32. The molecule has 1 saturated heterocycles. The van der Waals surface area contributed by atoms with Crippen LogP contribution in [0.2, 0.25) is 5.02 Å². The first-order chi connectivity index (χ1) is 20.5. The van der Waals surface area contributed by atoms with E-state index in [1.54, 1.807) is 4.90 Å². The van der Waals surface area contributed by atoms with E-state index in [1.807, 2.05) is 95.8 Å². The molecule has 1 amide bonds. The smallest absolute Gasteiger partial charge is 0.266 e. The molecule has 0 unspecified atom stereocenters. The summed E-state index contributed by atoms with van der Waals surface area (Å²) in [7, 11) is 0. The zero-order valence-electron chi connectivity index (χ0n) is 23.7. The molecule has 1 fully saturated rings. The van der Waals surface area contributed by atoms with Crippen molar-refractivity contribution in [2.75, 3.05) is 6.54 Å². The number of aromatic nitrogens is 2. The van der Waals surface area contributed by atoms with Crippen LogP contribution in [0.1, 0.15) is 56.6 Å². The molecular weight excluding hydrogens is 582 g/mol. The van der Waals surface area contributed by atoms with E-state index in [1.165, 1.54) is 37.4 Å². The van der Waals surface area contributed by atoms with E-state index in [0.717, 1.165) is 40.9 Å². The number of ether oxygens (including phenoxy) is 1. The summed E-state index contributed by atoms with van der Waals surface area (Å²) in [5.74, 6) is 0.673. The molecule has 2 heterocycles. The van der Waals surface area contributed by atoms with Gasteiger partial charge in [-0.3, -0.25) is 9.69 Å². The predicted octanol–water partition coefficient (Wildman–Crippen LogP) is 9.33. The Labute approximate surface area is 262 Å². The third kappa shape index (κ3) is 7.51. The fourth-order valence-corrected chi connectivity index (χ4v) is 6.31. The number of rotatable bonds is 13. The van der Waals surface area contributed by atoms with Crippen molar-refractivity contribution < 1.29 is 9.53 Å². The number of benzene rings is 3. The van der Waals surface area contributed by atoms with Crippen molar-refractivity contribution in [3.8, 4) is 22.7 Å². The highest BCUT2D eigenvalue weighted by Gasteiger charge is 2.32. The molecule has 0 radical (unpaired) electrons. The van der Waals surface area contributed by atoms with Gasteiger partial charge in [-0.15, -0.1) is 0 Å². The van der Waals surface area contributed by atoms with Crippen LogP contribution in [0.3, 0.4) is 0 Å². The Hall–Kier alpha value is -3.39. The van der Waals surface area contributed by atoms with Gasteiger partial charge in [-0.2, -0.15) is 5.10 Å². The zero-order chi connectivity index (χ0) is 29.3.